The van der Waals surface area contributed by atoms with E-state index in [2.05, 4.69) is 10.2 Å². The van der Waals surface area contributed by atoms with Gasteiger partial charge in [0.2, 0.25) is 5.91 Å². The Kier molecular flexibility index (Phi) is 6.04. The zero-order valence-corrected chi connectivity index (χ0v) is 14.9. The van der Waals surface area contributed by atoms with Crippen LogP contribution in [0.3, 0.4) is 0 Å². The van der Waals surface area contributed by atoms with E-state index in [1.165, 1.54) is 7.11 Å². The maximum Gasteiger partial charge on any atom is 0.337 e. The molecule has 136 valence electrons. The van der Waals surface area contributed by atoms with Crippen LogP contribution in [-0.2, 0) is 16.1 Å². The molecule has 6 heteroatoms. The number of carbonyl (C=O) groups excluding carboxylic acids is 2. The first-order chi connectivity index (χ1) is 12.2. The lowest BCUT2D eigenvalue weighted by molar-refractivity contribution is -0.138. The van der Waals surface area contributed by atoms with Crippen molar-refractivity contribution >= 4 is 11.9 Å². The zero-order chi connectivity index (χ0) is 17.6. The number of esters is 1. The van der Waals surface area contributed by atoms with Crippen molar-refractivity contribution < 1.29 is 14.3 Å². The summed E-state index contributed by atoms with van der Waals surface area (Å²) in [5.41, 5.74) is 1.66. The van der Waals surface area contributed by atoms with E-state index in [1.807, 2.05) is 23.1 Å². The van der Waals surface area contributed by atoms with E-state index in [0.717, 1.165) is 64.2 Å². The minimum absolute atomic E-state index is 0.0932. The quantitative estimate of drug-likeness (QED) is 0.829. The fourth-order valence-electron chi connectivity index (χ4n) is 3.72. The first kappa shape index (κ1) is 17.9. The van der Waals surface area contributed by atoms with Gasteiger partial charge in [-0.3, -0.25) is 9.69 Å². The number of likely N-dealkylation sites (tertiary alicyclic amines) is 1. The molecule has 0 bridgehead atoms. The largest absolute Gasteiger partial charge is 0.465 e. The molecule has 1 aromatic rings. The SMILES string of the molecule is COC(=O)c1cccc(CN2CCCC(C(=O)N3CCNCC3)C2)c1. The third kappa shape index (κ3) is 4.58. The zero-order valence-electron chi connectivity index (χ0n) is 14.9. The summed E-state index contributed by atoms with van der Waals surface area (Å²) >= 11 is 0. The topological polar surface area (TPSA) is 61.9 Å². The standard InChI is InChI=1S/C19H27N3O3/c1-25-19(24)16-5-2-4-15(12-16)13-21-9-3-6-17(14-21)18(23)22-10-7-20-8-11-22/h2,4-5,12,17,20H,3,6-11,13-14H2,1H3. The Morgan fingerprint density at radius 1 is 1.24 bits per heavy atom. The maximum atomic E-state index is 12.7. The van der Waals surface area contributed by atoms with E-state index in [9.17, 15) is 9.59 Å². The van der Waals surface area contributed by atoms with Crippen LogP contribution in [0.1, 0.15) is 28.8 Å². The molecule has 1 aromatic carbocycles. The summed E-state index contributed by atoms with van der Waals surface area (Å²) in [4.78, 5) is 28.8. The molecule has 2 aliphatic heterocycles. The lowest BCUT2D eigenvalue weighted by Gasteiger charge is -2.36. The molecule has 0 aromatic heterocycles. The van der Waals surface area contributed by atoms with Crippen molar-refractivity contribution in [2.75, 3.05) is 46.4 Å². The molecule has 1 unspecified atom stereocenters. The third-order valence-corrected chi connectivity index (χ3v) is 5.04. The number of benzene rings is 1. The van der Waals surface area contributed by atoms with Crippen molar-refractivity contribution in [2.24, 2.45) is 5.92 Å². The van der Waals surface area contributed by atoms with Gasteiger partial charge < -0.3 is 15.0 Å². The highest BCUT2D eigenvalue weighted by atomic mass is 16.5. The molecule has 6 nitrogen and oxygen atoms in total. The van der Waals surface area contributed by atoms with Crippen molar-refractivity contribution in [2.45, 2.75) is 19.4 Å². The minimum Gasteiger partial charge on any atom is -0.465 e. The second-order valence-corrected chi connectivity index (χ2v) is 6.84. The number of piperidine rings is 1. The molecule has 2 fully saturated rings. The normalized spacial score (nSPS) is 21.8. The molecule has 3 rings (SSSR count). The number of amides is 1. The molecule has 0 spiro atoms. The predicted molar refractivity (Wildman–Crippen MR) is 95.2 cm³/mol. The van der Waals surface area contributed by atoms with E-state index in [1.54, 1.807) is 6.07 Å². The molecule has 0 radical (unpaired) electrons. The fraction of sp³-hybridized carbons (Fsp3) is 0.579. The van der Waals surface area contributed by atoms with Crippen LogP contribution in [0.4, 0.5) is 0 Å². The lowest BCUT2D eigenvalue weighted by Crippen LogP contribution is -2.51. The van der Waals surface area contributed by atoms with E-state index >= 15 is 0 Å². The van der Waals surface area contributed by atoms with Gasteiger partial charge >= 0.3 is 5.97 Å². The second-order valence-electron chi connectivity index (χ2n) is 6.84. The highest BCUT2D eigenvalue weighted by Gasteiger charge is 2.29. The average Bonchev–Trinajstić information content (AvgIpc) is 2.68. The summed E-state index contributed by atoms with van der Waals surface area (Å²) in [5.74, 6) is 0.0809. The highest BCUT2D eigenvalue weighted by Crippen LogP contribution is 2.21. The van der Waals surface area contributed by atoms with Crippen LogP contribution < -0.4 is 5.32 Å². The molecule has 25 heavy (non-hydrogen) atoms. The second kappa shape index (κ2) is 8.45. The van der Waals surface area contributed by atoms with Gasteiger partial charge in [-0.15, -0.1) is 0 Å². The predicted octanol–water partition coefficient (Wildman–Crippen LogP) is 1.12. The average molecular weight is 345 g/mol. The van der Waals surface area contributed by atoms with Gasteiger partial charge in [-0.1, -0.05) is 12.1 Å². The molecule has 1 atom stereocenters. The summed E-state index contributed by atoms with van der Waals surface area (Å²) in [5, 5.41) is 3.29. The van der Waals surface area contributed by atoms with Crippen molar-refractivity contribution in [1.82, 2.24) is 15.1 Å². The number of carbonyl (C=O) groups is 2. The van der Waals surface area contributed by atoms with Gasteiger partial charge in [0, 0.05) is 39.3 Å². The monoisotopic (exact) mass is 345 g/mol. The van der Waals surface area contributed by atoms with Crippen molar-refractivity contribution in [3.63, 3.8) is 0 Å². The number of rotatable bonds is 4. The van der Waals surface area contributed by atoms with Crippen LogP contribution in [0.25, 0.3) is 0 Å². The first-order valence-electron chi connectivity index (χ1n) is 9.06. The van der Waals surface area contributed by atoms with E-state index in [0.29, 0.717) is 11.5 Å². The van der Waals surface area contributed by atoms with E-state index < -0.39 is 0 Å². The van der Waals surface area contributed by atoms with E-state index in [4.69, 9.17) is 4.74 Å². The molecule has 1 amide bonds. The van der Waals surface area contributed by atoms with Crippen LogP contribution in [0, 0.1) is 5.92 Å². The number of methoxy groups -OCH3 is 1. The van der Waals surface area contributed by atoms with Crippen molar-refractivity contribution in [3.8, 4) is 0 Å². The Bertz CT molecular complexity index is 614. The maximum absolute atomic E-state index is 12.7. The van der Waals surface area contributed by atoms with Gasteiger partial charge in [-0.25, -0.2) is 4.79 Å². The minimum atomic E-state index is -0.313. The number of nitrogens with one attached hydrogen (secondary N) is 1. The molecule has 2 saturated heterocycles. The Balaban J connectivity index is 1.60. The Morgan fingerprint density at radius 3 is 2.80 bits per heavy atom. The van der Waals surface area contributed by atoms with Gasteiger partial charge in [-0.05, 0) is 37.1 Å². The van der Waals surface area contributed by atoms with Gasteiger partial charge in [0.1, 0.15) is 0 Å². The molecule has 0 saturated carbocycles. The van der Waals surface area contributed by atoms with E-state index in [-0.39, 0.29) is 11.9 Å². The van der Waals surface area contributed by atoms with Crippen LogP contribution in [0.5, 0.6) is 0 Å². The van der Waals surface area contributed by atoms with Gasteiger partial charge in [-0.2, -0.15) is 0 Å². The highest BCUT2D eigenvalue weighted by molar-refractivity contribution is 5.89. The van der Waals surface area contributed by atoms with Crippen LogP contribution >= 0.6 is 0 Å². The number of piperazine rings is 1. The molecular weight excluding hydrogens is 318 g/mol. The molecule has 2 heterocycles. The number of ether oxygens (including phenoxy) is 1. The lowest BCUT2D eigenvalue weighted by atomic mass is 9.95. The fourth-order valence-corrected chi connectivity index (χ4v) is 3.72. The first-order valence-corrected chi connectivity index (χ1v) is 9.06. The molecule has 1 N–H and O–H groups in total. The Labute approximate surface area is 149 Å². The van der Waals surface area contributed by atoms with Crippen LogP contribution in [0.2, 0.25) is 0 Å². The van der Waals surface area contributed by atoms with Gasteiger partial charge in [0.05, 0.1) is 18.6 Å². The summed E-state index contributed by atoms with van der Waals surface area (Å²) in [6.45, 7) is 5.97. The summed E-state index contributed by atoms with van der Waals surface area (Å²) in [7, 11) is 1.39. The smallest absolute Gasteiger partial charge is 0.337 e. The summed E-state index contributed by atoms with van der Waals surface area (Å²) in [6.07, 6.45) is 2.01. The molecule has 0 aliphatic carbocycles. The Hall–Kier alpha value is -1.92. The van der Waals surface area contributed by atoms with Gasteiger partial charge in [0.15, 0.2) is 0 Å². The van der Waals surface area contributed by atoms with Crippen LogP contribution in [-0.4, -0.2) is 68.1 Å². The summed E-state index contributed by atoms with van der Waals surface area (Å²) in [6, 6.07) is 7.55. The number of nitrogens with zero attached hydrogens (tertiary/aromatic N) is 2. The summed E-state index contributed by atoms with van der Waals surface area (Å²) < 4.78 is 4.79. The Morgan fingerprint density at radius 2 is 2.04 bits per heavy atom. The molecular formula is C19H27N3O3. The number of hydrogen-bond acceptors (Lipinski definition) is 5. The third-order valence-electron chi connectivity index (χ3n) is 5.04. The number of hydrogen-bond donors (Lipinski definition) is 1. The van der Waals surface area contributed by atoms with Crippen molar-refractivity contribution in [1.29, 1.82) is 0 Å². The van der Waals surface area contributed by atoms with Crippen molar-refractivity contribution in [3.05, 3.63) is 35.4 Å². The van der Waals surface area contributed by atoms with Gasteiger partial charge in [0.25, 0.3) is 0 Å². The molecule has 2 aliphatic rings. The van der Waals surface area contributed by atoms with Crippen LogP contribution in [0.15, 0.2) is 24.3 Å².